The molecule has 0 bridgehead atoms. The third kappa shape index (κ3) is 2.96. The van der Waals surface area contributed by atoms with Gasteiger partial charge in [-0.2, -0.15) is 0 Å². The minimum atomic E-state index is -0.386. The van der Waals surface area contributed by atoms with E-state index in [1.165, 1.54) is 19.3 Å². The first-order valence-electron chi connectivity index (χ1n) is 7.09. The van der Waals surface area contributed by atoms with Crippen LogP contribution < -0.4 is 0 Å². The lowest BCUT2D eigenvalue weighted by Crippen LogP contribution is -2.50. The van der Waals surface area contributed by atoms with Crippen molar-refractivity contribution in [2.75, 3.05) is 0 Å². The largest absolute Gasteiger partial charge is 0.455 e. The monoisotopic (exact) mass is 252 g/mol. The molecule has 0 heterocycles. The fraction of sp³-hybridized carbons (Fsp3) is 0.812. The highest BCUT2D eigenvalue weighted by Gasteiger charge is 2.47. The molecule has 0 amide bonds. The van der Waals surface area contributed by atoms with Crippen LogP contribution in [0.5, 0.6) is 0 Å². The predicted molar refractivity (Wildman–Crippen MR) is 75.3 cm³/mol. The van der Waals surface area contributed by atoms with E-state index in [-0.39, 0.29) is 17.0 Å². The van der Waals surface area contributed by atoms with Crippen LogP contribution in [0.3, 0.4) is 0 Å². The normalized spacial score (nSPS) is 32.2. The lowest BCUT2D eigenvalue weighted by molar-refractivity contribution is -0.175. The highest BCUT2D eigenvalue weighted by atomic mass is 16.6. The second kappa shape index (κ2) is 5.46. The molecule has 1 saturated carbocycles. The Morgan fingerprint density at radius 3 is 2.39 bits per heavy atom. The Kier molecular flexibility index (Phi) is 4.63. The third-order valence-electron chi connectivity index (χ3n) is 5.05. The fourth-order valence-corrected chi connectivity index (χ4v) is 2.77. The van der Waals surface area contributed by atoms with Crippen LogP contribution in [0.1, 0.15) is 66.7 Å². The Morgan fingerprint density at radius 2 is 1.83 bits per heavy atom. The number of esters is 1. The minimum absolute atomic E-state index is 0.00146. The van der Waals surface area contributed by atoms with Crippen LogP contribution in [0.2, 0.25) is 0 Å². The molecule has 2 nitrogen and oxygen atoms in total. The maximum atomic E-state index is 11.9. The molecule has 2 unspecified atom stereocenters. The Hall–Kier alpha value is -0.790. The van der Waals surface area contributed by atoms with Crippen molar-refractivity contribution in [1.29, 1.82) is 0 Å². The van der Waals surface area contributed by atoms with Gasteiger partial charge >= 0.3 is 5.97 Å². The van der Waals surface area contributed by atoms with Gasteiger partial charge in [-0.25, -0.2) is 4.79 Å². The van der Waals surface area contributed by atoms with E-state index in [2.05, 4.69) is 34.3 Å². The Bertz CT molecular complexity index is 330. The molecule has 104 valence electrons. The molecule has 0 saturated heterocycles. The summed E-state index contributed by atoms with van der Waals surface area (Å²) in [5, 5.41) is 0. The summed E-state index contributed by atoms with van der Waals surface area (Å²) in [5.41, 5.74) is 0.100. The van der Waals surface area contributed by atoms with E-state index >= 15 is 0 Å². The smallest absolute Gasteiger partial charge is 0.333 e. The molecule has 1 aliphatic rings. The van der Waals surface area contributed by atoms with Gasteiger partial charge < -0.3 is 4.74 Å². The van der Waals surface area contributed by atoms with Crippen molar-refractivity contribution in [3.63, 3.8) is 0 Å². The van der Waals surface area contributed by atoms with Crippen molar-refractivity contribution in [2.45, 2.75) is 72.3 Å². The zero-order chi connectivity index (χ0) is 14.0. The molecule has 1 fully saturated rings. The number of hydrogen-bond donors (Lipinski definition) is 0. The summed E-state index contributed by atoms with van der Waals surface area (Å²) in [7, 11) is 0. The van der Waals surface area contributed by atoms with Gasteiger partial charge in [0.05, 0.1) is 0 Å². The molecule has 2 heteroatoms. The summed E-state index contributed by atoms with van der Waals surface area (Å²) in [6.07, 6.45) is 5.82. The van der Waals surface area contributed by atoms with Crippen LogP contribution in [0, 0.1) is 11.3 Å². The minimum Gasteiger partial charge on any atom is -0.455 e. The van der Waals surface area contributed by atoms with Crippen molar-refractivity contribution in [3.8, 4) is 0 Å². The lowest BCUT2D eigenvalue weighted by atomic mass is 9.63. The van der Waals surface area contributed by atoms with Crippen molar-refractivity contribution in [3.05, 3.63) is 12.2 Å². The maximum absolute atomic E-state index is 11.9. The summed E-state index contributed by atoms with van der Waals surface area (Å²) in [5.74, 6) is 0.305. The third-order valence-corrected chi connectivity index (χ3v) is 5.05. The number of ether oxygens (including phenoxy) is 1. The first-order valence-corrected chi connectivity index (χ1v) is 7.09. The zero-order valence-electron chi connectivity index (χ0n) is 12.6. The fourth-order valence-electron chi connectivity index (χ4n) is 2.77. The van der Waals surface area contributed by atoms with Crippen molar-refractivity contribution >= 4 is 5.97 Å². The molecule has 2 atom stereocenters. The Morgan fingerprint density at radius 1 is 1.22 bits per heavy atom. The Labute approximate surface area is 112 Å². The molecular weight excluding hydrogens is 224 g/mol. The summed E-state index contributed by atoms with van der Waals surface area (Å²) in [6.45, 7) is 14.2. The quantitative estimate of drug-likeness (QED) is 0.534. The van der Waals surface area contributed by atoms with Gasteiger partial charge in [0.25, 0.3) is 0 Å². The van der Waals surface area contributed by atoms with E-state index in [0.717, 1.165) is 12.8 Å². The average Bonchev–Trinajstić information content (AvgIpc) is 2.26. The van der Waals surface area contributed by atoms with Gasteiger partial charge in [-0.05, 0) is 32.6 Å². The van der Waals surface area contributed by atoms with Crippen LogP contribution in [0.15, 0.2) is 12.2 Å². The molecule has 18 heavy (non-hydrogen) atoms. The molecule has 0 aromatic rings. The van der Waals surface area contributed by atoms with Gasteiger partial charge in [0.15, 0.2) is 0 Å². The molecule has 0 aliphatic heterocycles. The van der Waals surface area contributed by atoms with E-state index in [1.54, 1.807) is 6.92 Å². The van der Waals surface area contributed by atoms with Crippen molar-refractivity contribution in [2.24, 2.45) is 11.3 Å². The Balaban J connectivity index is 2.97. The molecular formula is C16H28O2. The summed E-state index contributed by atoms with van der Waals surface area (Å²) >= 11 is 0. The number of hydrogen-bond acceptors (Lipinski definition) is 2. The van der Waals surface area contributed by atoms with Gasteiger partial charge in [0.2, 0.25) is 0 Å². The topological polar surface area (TPSA) is 26.3 Å². The van der Waals surface area contributed by atoms with Crippen LogP contribution in [0.25, 0.3) is 0 Å². The summed E-state index contributed by atoms with van der Waals surface area (Å²) < 4.78 is 5.82. The van der Waals surface area contributed by atoms with E-state index in [1.807, 2.05) is 0 Å². The highest BCUT2D eigenvalue weighted by molar-refractivity contribution is 5.87. The van der Waals surface area contributed by atoms with E-state index < -0.39 is 0 Å². The maximum Gasteiger partial charge on any atom is 0.333 e. The zero-order valence-corrected chi connectivity index (χ0v) is 12.6. The van der Waals surface area contributed by atoms with Gasteiger partial charge in [-0.1, -0.05) is 46.6 Å². The van der Waals surface area contributed by atoms with Gasteiger partial charge in [0, 0.05) is 11.0 Å². The predicted octanol–water partition coefficient (Wildman–Crippen LogP) is 4.49. The molecule has 0 spiro atoms. The molecule has 0 N–H and O–H groups in total. The molecule has 0 radical (unpaired) electrons. The van der Waals surface area contributed by atoms with E-state index in [0.29, 0.717) is 11.5 Å². The van der Waals surface area contributed by atoms with Gasteiger partial charge in [0.1, 0.15) is 5.60 Å². The SMILES string of the molecule is C=C(C)C(=O)OC1(C)CCCCCC(C)C1(C)C. The van der Waals surface area contributed by atoms with Crippen LogP contribution in [-0.4, -0.2) is 11.6 Å². The van der Waals surface area contributed by atoms with Gasteiger partial charge in [-0.3, -0.25) is 0 Å². The van der Waals surface area contributed by atoms with Gasteiger partial charge in [-0.15, -0.1) is 0 Å². The van der Waals surface area contributed by atoms with Crippen LogP contribution in [0.4, 0.5) is 0 Å². The van der Waals surface area contributed by atoms with Crippen LogP contribution in [-0.2, 0) is 9.53 Å². The molecule has 1 rings (SSSR count). The lowest BCUT2D eigenvalue weighted by Gasteiger charge is -2.48. The van der Waals surface area contributed by atoms with Crippen molar-refractivity contribution < 1.29 is 9.53 Å². The standard InChI is InChI=1S/C16H28O2/c1-12(2)14(17)18-16(6)11-9-7-8-10-13(3)15(16,4)5/h13H,1,7-11H2,2-6H3. The molecule has 0 aromatic carbocycles. The van der Waals surface area contributed by atoms with Crippen LogP contribution >= 0.6 is 0 Å². The highest BCUT2D eigenvalue weighted by Crippen LogP contribution is 2.47. The van der Waals surface area contributed by atoms with Crippen molar-refractivity contribution in [1.82, 2.24) is 0 Å². The summed E-state index contributed by atoms with van der Waals surface area (Å²) in [6, 6.07) is 0. The first kappa shape index (κ1) is 15.3. The number of carbonyl (C=O) groups is 1. The first-order chi connectivity index (χ1) is 8.21. The van der Waals surface area contributed by atoms with E-state index in [9.17, 15) is 4.79 Å². The second-order valence-electron chi connectivity index (χ2n) is 6.62. The molecule has 0 aromatic heterocycles. The summed E-state index contributed by atoms with van der Waals surface area (Å²) in [4.78, 5) is 11.9. The molecule has 1 aliphatic carbocycles. The average molecular weight is 252 g/mol. The van der Waals surface area contributed by atoms with E-state index in [4.69, 9.17) is 4.74 Å². The number of rotatable bonds is 2. The number of carbonyl (C=O) groups excluding carboxylic acids is 1. The second-order valence-corrected chi connectivity index (χ2v) is 6.62.